The lowest BCUT2D eigenvalue weighted by Gasteiger charge is -2.21. The van der Waals surface area contributed by atoms with Gasteiger partial charge in [-0.25, -0.2) is 0 Å². The third kappa shape index (κ3) is 5.11. The molecule has 2 rings (SSSR count). The summed E-state index contributed by atoms with van der Waals surface area (Å²) in [6.07, 6.45) is 0.891. The molecule has 2 unspecified atom stereocenters. The van der Waals surface area contributed by atoms with Crippen LogP contribution >= 0.6 is 0 Å². The van der Waals surface area contributed by atoms with E-state index in [0.717, 1.165) is 11.1 Å². The molecule has 0 fully saturated rings. The van der Waals surface area contributed by atoms with E-state index in [-0.39, 0.29) is 12.7 Å². The van der Waals surface area contributed by atoms with E-state index < -0.39 is 6.10 Å². The Kier molecular flexibility index (Phi) is 6.84. The molecule has 0 amide bonds. The van der Waals surface area contributed by atoms with Crippen molar-refractivity contribution in [3.63, 3.8) is 0 Å². The summed E-state index contributed by atoms with van der Waals surface area (Å²) < 4.78 is 11.1. The summed E-state index contributed by atoms with van der Waals surface area (Å²) in [5, 5.41) is 10.1. The number of hydrogen-bond acceptors (Lipinski definition) is 3. The highest BCUT2D eigenvalue weighted by Gasteiger charge is 2.18. The third-order valence-corrected chi connectivity index (χ3v) is 3.46. The van der Waals surface area contributed by atoms with Crippen LogP contribution in [0, 0.1) is 0 Å². The molecule has 0 radical (unpaired) electrons. The first-order valence-electron chi connectivity index (χ1n) is 7.36. The SMILES string of the molecule is C=CC(O)C(COCOCc1ccccc1)c1ccccc1. The molecular weight excluding hydrogens is 276 g/mol. The van der Waals surface area contributed by atoms with Crippen molar-refractivity contribution in [2.45, 2.75) is 18.6 Å². The molecule has 0 spiro atoms. The molecule has 0 aliphatic rings. The summed E-state index contributed by atoms with van der Waals surface area (Å²) in [7, 11) is 0. The lowest BCUT2D eigenvalue weighted by atomic mass is 9.94. The van der Waals surface area contributed by atoms with Crippen LogP contribution in [0.1, 0.15) is 17.0 Å². The van der Waals surface area contributed by atoms with E-state index in [4.69, 9.17) is 9.47 Å². The zero-order valence-electron chi connectivity index (χ0n) is 12.6. The number of rotatable bonds is 9. The molecule has 116 valence electrons. The first-order chi connectivity index (χ1) is 10.8. The van der Waals surface area contributed by atoms with Crippen molar-refractivity contribution in [3.8, 4) is 0 Å². The zero-order chi connectivity index (χ0) is 15.6. The molecule has 3 nitrogen and oxygen atoms in total. The maximum atomic E-state index is 10.1. The molecule has 0 saturated heterocycles. The van der Waals surface area contributed by atoms with Crippen molar-refractivity contribution < 1.29 is 14.6 Å². The van der Waals surface area contributed by atoms with E-state index in [0.29, 0.717) is 13.2 Å². The van der Waals surface area contributed by atoms with Gasteiger partial charge in [0.05, 0.1) is 19.3 Å². The van der Waals surface area contributed by atoms with Crippen molar-refractivity contribution in [2.24, 2.45) is 0 Å². The fourth-order valence-electron chi connectivity index (χ4n) is 2.22. The van der Waals surface area contributed by atoms with Gasteiger partial charge in [0.25, 0.3) is 0 Å². The van der Waals surface area contributed by atoms with Gasteiger partial charge in [0.15, 0.2) is 0 Å². The predicted octanol–water partition coefficient (Wildman–Crippen LogP) is 3.51. The quantitative estimate of drug-likeness (QED) is 0.437. The average molecular weight is 298 g/mol. The van der Waals surface area contributed by atoms with Crippen LogP contribution in [0.5, 0.6) is 0 Å². The van der Waals surface area contributed by atoms with Crippen LogP contribution in [0.3, 0.4) is 0 Å². The lowest BCUT2D eigenvalue weighted by Crippen LogP contribution is -2.21. The second-order valence-electron chi connectivity index (χ2n) is 5.07. The minimum atomic E-state index is -0.642. The Morgan fingerprint density at radius 3 is 2.23 bits per heavy atom. The molecule has 0 bridgehead atoms. The van der Waals surface area contributed by atoms with E-state index in [1.54, 1.807) is 0 Å². The van der Waals surface area contributed by atoms with Crippen LogP contribution in [0.15, 0.2) is 73.3 Å². The number of hydrogen-bond donors (Lipinski definition) is 1. The summed E-state index contributed by atoms with van der Waals surface area (Å²) in [5.41, 5.74) is 2.13. The van der Waals surface area contributed by atoms with E-state index >= 15 is 0 Å². The van der Waals surface area contributed by atoms with Crippen molar-refractivity contribution in [1.82, 2.24) is 0 Å². The Hall–Kier alpha value is -1.94. The van der Waals surface area contributed by atoms with Gasteiger partial charge in [0.1, 0.15) is 6.79 Å². The molecule has 2 atom stereocenters. The van der Waals surface area contributed by atoms with Crippen LogP contribution in [-0.2, 0) is 16.1 Å². The fourth-order valence-corrected chi connectivity index (χ4v) is 2.22. The Morgan fingerprint density at radius 1 is 0.955 bits per heavy atom. The second-order valence-corrected chi connectivity index (χ2v) is 5.07. The van der Waals surface area contributed by atoms with Crippen molar-refractivity contribution in [3.05, 3.63) is 84.4 Å². The molecule has 2 aromatic carbocycles. The van der Waals surface area contributed by atoms with E-state index in [9.17, 15) is 5.11 Å². The Labute approximate surface area is 131 Å². The van der Waals surface area contributed by atoms with Gasteiger partial charge >= 0.3 is 0 Å². The van der Waals surface area contributed by atoms with E-state index in [1.807, 2.05) is 60.7 Å². The normalized spacial score (nSPS) is 13.5. The molecule has 0 aliphatic heterocycles. The van der Waals surface area contributed by atoms with Gasteiger partial charge in [-0.3, -0.25) is 0 Å². The molecule has 2 aromatic rings. The molecule has 1 N–H and O–H groups in total. The minimum Gasteiger partial charge on any atom is -0.388 e. The molecule has 0 saturated carbocycles. The Morgan fingerprint density at radius 2 is 1.59 bits per heavy atom. The van der Waals surface area contributed by atoms with Gasteiger partial charge in [-0.15, -0.1) is 6.58 Å². The molecule has 0 heterocycles. The van der Waals surface area contributed by atoms with Crippen LogP contribution in [0.25, 0.3) is 0 Å². The highest BCUT2D eigenvalue weighted by atomic mass is 16.7. The maximum Gasteiger partial charge on any atom is 0.147 e. The lowest BCUT2D eigenvalue weighted by molar-refractivity contribution is -0.0712. The highest BCUT2D eigenvalue weighted by molar-refractivity contribution is 5.22. The molecular formula is C19H22O3. The Balaban J connectivity index is 1.78. The molecule has 22 heavy (non-hydrogen) atoms. The third-order valence-electron chi connectivity index (χ3n) is 3.46. The van der Waals surface area contributed by atoms with Gasteiger partial charge in [0.2, 0.25) is 0 Å². The van der Waals surface area contributed by atoms with Crippen molar-refractivity contribution in [1.29, 1.82) is 0 Å². The summed E-state index contributed by atoms with van der Waals surface area (Å²) in [5.74, 6) is -0.140. The summed E-state index contributed by atoms with van der Waals surface area (Å²) in [6, 6.07) is 19.7. The highest BCUT2D eigenvalue weighted by Crippen LogP contribution is 2.21. The number of aliphatic hydroxyl groups excluding tert-OH is 1. The summed E-state index contributed by atoms with van der Waals surface area (Å²) >= 11 is 0. The predicted molar refractivity (Wildman–Crippen MR) is 87.4 cm³/mol. The van der Waals surface area contributed by atoms with Crippen LogP contribution < -0.4 is 0 Å². The number of ether oxygens (including phenoxy) is 2. The average Bonchev–Trinajstić information content (AvgIpc) is 2.59. The van der Waals surface area contributed by atoms with Crippen LogP contribution in [0.2, 0.25) is 0 Å². The van der Waals surface area contributed by atoms with Crippen molar-refractivity contribution >= 4 is 0 Å². The molecule has 3 heteroatoms. The first kappa shape index (κ1) is 16.4. The smallest absolute Gasteiger partial charge is 0.147 e. The maximum absolute atomic E-state index is 10.1. The minimum absolute atomic E-state index is 0.140. The van der Waals surface area contributed by atoms with Crippen molar-refractivity contribution in [2.75, 3.05) is 13.4 Å². The topological polar surface area (TPSA) is 38.7 Å². The number of aliphatic hydroxyl groups is 1. The van der Waals surface area contributed by atoms with Gasteiger partial charge in [0, 0.05) is 5.92 Å². The largest absolute Gasteiger partial charge is 0.388 e. The monoisotopic (exact) mass is 298 g/mol. The number of benzene rings is 2. The molecule has 0 aromatic heterocycles. The fraction of sp³-hybridized carbons (Fsp3) is 0.263. The van der Waals surface area contributed by atoms with Gasteiger partial charge in [-0.1, -0.05) is 66.7 Å². The Bertz CT molecular complexity index is 539. The standard InChI is InChI=1S/C19H22O3/c1-2-19(20)18(17-11-7-4-8-12-17)14-22-15-21-13-16-9-5-3-6-10-16/h2-12,18-20H,1,13-15H2. The van der Waals surface area contributed by atoms with E-state index in [1.165, 1.54) is 6.08 Å². The summed E-state index contributed by atoms with van der Waals surface area (Å²) in [6.45, 7) is 4.75. The second kappa shape index (κ2) is 9.15. The molecule has 0 aliphatic carbocycles. The van der Waals surface area contributed by atoms with E-state index in [2.05, 4.69) is 6.58 Å². The first-order valence-corrected chi connectivity index (χ1v) is 7.36. The van der Waals surface area contributed by atoms with Gasteiger partial charge in [-0.2, -0.15) is 0 Å². The zero-order valence-corrected chi connectivity index (χ0v) is 12.6. The van der Waals surface area contributed by atoms with Gasteiger partial charge in [-0.05, 0) is 11.1 Å². The summed E-state index contributed by atoms with van der Waals surface area (Å²) in [4.78, 5) is 0. The van der Waals surface area contributed by atoms with Crippen LogP contribution in [0.4, 0.5) is 0 Å². The van der Waals surface area contributed by atoms with Gasteiger partial charge < -0.3 is 14.6 Å². The van der Waals surface area contributed by atoms with Crippen LogP contribution in [-0.4, -0.2) is 24.6 Å².